The molecule has 136 valence electrons. The van der Waals surface area contributed by atoms with Crippen molar-refractivity contribution in [3.63, 3.8) is 0 Å². The number of halogens is 1. The average Bonchev–Trinajstić information content (AvgIpc) is 2.60. The highest BCUT2D eigenvalue weighted by Gasteiger charge is 2.23. The molecule has 2 amide bonds. The quantitative estimate of drug-likeness (QED) is 0.733. The van der Waals surface area contributed by atoms with Crippen molar-refractivity contribution in [3.05, 3.63) is 29.6 Å². The van der Waals surface area contributed by atoms with Crippen LogP contribution in [0.4, 0.5) is 14.9 Å². The predicted molar refractivity (Wildman–Crippen MR) is 93.8 cm³/mol. The number of aliphatic hydroxyl groups excluding tert-OH is 1. The molecule has 25 heavy (non-hydrogen) atoms. The summed E-state index contributed by atoms with van der Waals surface area (Å²) in [6, 6.07) is 6.09. The first-order valence-electron chi connectivity index (χ1n) is 8.63. The van der Waals surface area contributed by atoms with Crippen LogP contribution in [0.2, 0.25) is 0 Å². The number of benzene rings is 1. The van der Waals surface area contributed by atoms with Crippen LogP contribution in [0, 0.1) is 23.1 Å². The van der Waals surface area contributed by atoms with Crippen LogP contribution in [0.25, 0.3) is 0 Å². The van der Waals surface area contributed by atoms with E-state index in [1.54, 1.807) is 12.1 Å². The second-order valence-corrected chi connectivity index (χ2v) is 6.53. The number of anilines is 1. The molecule has 0 aliphatic carbocycles. The number of hydrogen-bond acceptors (Lipinski definition) is 4. The molecule has 1 saturated heterocycles. The van der Waals surface area contributed by atoms with Crippen LogP contribution in [0.15, 0.2) is 18.2 Å². The number of nitriles is 1. The summed E-state index contributed by atoms with van der Waals surface area (Å²) in [6.45, 7) is 3.83. The lowest BCUT2D eigenvalue weighted by molar-refractivity contribution is 0.229. The number of carbonyl (C=O) groups excluding carboxylic acids is 1. The van der Waals surface area contributed by atoms with E-state index in [0.29, 0.717) is 30.8 Å². The van der Waals surface area contributed by atoms with Gasteiger partial charge < -0.3 is 20.6 Å². The van der Waals surface area contributed by atoms with E-state index < -0.39 is 5.82 Å². The average molecular weight is 348 g/mol. The van der Waals surface area contributed by atoms with Crippen molar-refractivity contribution in [3.8, 4) is 6.07 Å². The monoisotopic (exact) mass is 348 g/mol. The van der Waals surface area contributed by atoms with Crippen molar-refractivity contribution in [1.29, 1.82) is 5.26 Å². The number of rotatable bonds is 6. The molecule has 2 rings (SSSR count). The number of amides is 2. The zero-order chi connectivity index (χ0) is 18.2. The molecule has 0 aromatic heterocycles. The van der Waals surface area contributed by atoms with E-state index >= 15 is 0 Å². The third-order valence-corrected chi connectivity index (χ3v) is 4.41. The highest BCUT2D eigenvalue weighted by molar-refractivity contribution is 5.74. The van der Waals surface area contributed by atoms with Gasteiger partial charge in [0.05, 0.1) is 17.3 Å². The molecule has 0 saturated carbocycles. The van der Waals surface area contributed by atoms with Crippen LogP contribution >= 0.6 is 0 Å². The van der Waals surface area contributed by atoms with Crippen LogP contribution in [0.3, 0.4) is 0 Å². The van der Waals surface area contributed by atoms with Crippen molar-refractivity contribution in [1.82, 2.24) is 10.6 Å². The van der Waals surface area contributed by atoms with Gasteiger partial charge >= 0.3 is 6.03 Å². The number of nitrogens with zero attached hydrogens (tertiary/aromatic N) is 2. The summed E-state index contributed by atoms with van der Waals surface area (Å²) in [4.78, 5) is 13.9. The van der Waals surface area contributed by atoms with Crippen molar-refractivity contribution < 1.29 is 14.3 Å². The lowest BCUT2D eigenvalue weighted by Gasteiger charge is -2.35. The van der Waals surface area contributed by atoms with Gasteiger partial charge in [0.1, 0.15) is 5.82 Å². The molecule has 3 N–H and O–H groups in total. The molecule has 1 heterocycles. The first-order valence-corrected chi connectivity index (χ1v) is 8.63. The number of aliphatic hydroxyl groups is 1. The highest BCUT2D eigenvalue weighted by Crippen LogP contribution is 2.24. The van der Waals surface area contributed by atoms with Gasteiger partial charge in [-0.25, -0.2) is 9.18 Å². The fourth-order valence-electron chi connectivity index (χ4n) is 2.97. The first kappa shape index (κ1) is 19.0. The van der Waals surface area contributed by atoms with Gasteiger partial charge in [0.15, 0.2) is 0 Å². The van der Waals surface area contributed by atoms with Gasteiger partial charge in [-0.3, -0.25) is 0 Å². The predicted octanol–water partition coefficient (Wildman–Crippen LogP) is 1.98. The highest BCUT2D eigenvalue weighted by atomic mass is 19.1. The van der Waals surface area contributed by atoms with E-state index in [2.05, 4.69) is 10.6 Å². The lowest BCUT2D eigenvalue weighted by Crippen LogP contribution is -2.51. The number of hydrogen-bond donors (Lipinski definition) is 3. The van der Waals surface area contributed by atoms with E-state index in [1.807, 2.05) is 17.9 Å². The van der Waals surface area contributed by atoms with Crippen LogP contribution in [0.1, 0.15) is 31.7 Å². The molecule has 1 fully saturated rings. The Balaban J connectivity index is 1.88. The second kappa shape index (κ2) is 9.23. The normalized spacial score (nSPS) is 18.3. The minimum absolute atomic E-state index is 0.0584. The Morgan fingerprint density at radius 3 is 3.04 bits per heavy atom. The summed E-state index contributed by atoms with van der Waals surface area (Å²) >= 11 is 0. The largest absolute Gasteiger partial charge is 0.396 e. The van der Waals surface area contributed by atoms with E-state index in [-0.39, 0.29) is 24.6 Å². The third kappa shape index (κ3) is 5.61. The molecule has 2 atom stereocenters. The number of piperidine rings is 1. The Hall–Kier alpha value is -2.33. The molecule has 1 aromatic carbocycles. The maximum Gasteiger partial charge on any atom is 0.315 e. The van der Waals surface area contributed by atoms with Gasteiger partial charge in [-0.1, -0.05) is 6.92 Å². The maximum absolute atomic E-state index is 14.2. The van der Waals surface area contributed by atoms with Crippen molar-refractivity contribution in [2.75, 3.05) is 31.1 Å². The molecule has 7 heteroatoms. The van der Waals surface area contributed by atoms with Gasteiger partial charge in [0.25, 0.3) is 0 Å². The van der Waals surface area contributed by atoms with E-state index in [0.717, 1.165) is 19.4 Å². The number of nitrogens with one attached hydrogen (secondary N) is 2. The molecule has 0 radical (unpaired) electrons. The van der Waals surface area contributed by atoms with Crippen molar-refractivity contribution >= 4 is 11.7 Å². The fraction of sp³-hybridized carbons (Fsp3) is 0.556. The zero-order valence-electron chi connectivity index (χ0n) is 14.5. The number of carbonyl (C=O) groups is 1. The second-order valence-electron chi connectivity index (χ2n) is 6.53. The minimum atomic E-state index is -0.415. The molecule has 1 aliphatic rings. The molecule has 6 nitrogen and oxygen atoms in total. The molecule has 1 aromatic rings. The summed E-state index contributed by atoms with van der Waals surface area (Å²) in [5, 5.41) is 23.4. The van der Waals surface area contributed by atoms with Gasteiger partial charge in [-0.2, -0.15) is 5.26 Å². The summed E-state index contributed by atoms with van der Waals surface area (Å²) in [5.41, 5.74) is 0.756. The van der Waals surface area contributed by atoms with Gasteiger partial charge in [-0.05, 0) is 43.4 Å². The van der Waals surface area contributed by atoms with Gasteiger partial charge in [0, 0.05) is 32.3 Å². The zero-order valence-corrected chi connectivity index (χ0v) is 14.5. The Morgan fingerprint density at radius 2 is 2.36 bits per heavy atom. The lowest BCUT2D eigenvalue weighted by atomic mass is 10.0. The Kier molecular flexibility index (Phi) is 7.02. The molecule has 0 unspecified atom stereocenters. The van der Waals surface area contributed by atoms with Crippen molar-refractivity contribution in [2.24, 2.45) is 5.92 Å². The SMILES string of the molecule is C[C@H](CCO)CNC(=O)N[C@@H]1CCCN(c2ccc(C#N)cc2F)C1. The third-order valence-electron chi connectivity index (χ3n) is 4.41. The summed E-state index contributed by atoms with van der Waals surface area (Å²) in [7, 11) is 0. The summed E-state index contributed by atoms with van der Waals surface area (Å²) in [5.74, 6) is -0.201. The van der Waals surface area contributed by atoms with Crippen LogP contribution in [-0.4, -0.2) is 43.4 Å². The van der Waals surface area contributed by atoms with Crippen LogP contribution < -0.4 is 15.5 Å². The van der Waals surface area contributed by atoms with Crippen molar-refractivity contribution in [2.45, 2.75) is 32.2 Å². The van der Waals surface area contributed by atoms with E-state index in [4.69, 9.17) is 10.4 Å². The molecule has 1 aliphatic heterocycles. The fourth-order valence-corrected chi connectivity index (χ4v) is 2.97. The molecular formula is C18H25FN4O2. The van der Waals surface area contributed by atoms with E-state index in [9.17, 15) is 9.18 Å². The Labute approximate surface area is 147 Å². The minimum Gasteiger partial charge on any atom is -0.396 e. The van der Waals surface area contributed by atoms with E-state index in [1.165, 1.54) is 6.07 Å². The topological polar surface area (TPSA) is 88.4 Å². The Morgan fingerprint density at radius 1 is 1.56 bits per heavy atom. The summed E-state index contributed by atoms with van der Waals surface area (Å²) in [6.07, 6.45) is 2.34. The maximum atomic E-state index is 14.2. The first-order chi connectivity index (χ1) is 12.0. The van der Waals surface area contributed by atoms with Gasteiger partial charge in [-0.15, -0.1) is 0 Å². The smallest absolute Gasteiger partial charge is 0.315 e. The van der Waals surface area contributed by atoms with Gasteiger partial charge in [0.2, 0.25) is 0 Å². The molecule has 0 bridgehead atoms. The standard InChI is InChI=1S/C18H25FN4O2/c1-13(6-8-24)11-21-18(25)22-15-3-2-7-23(12-15)17-5-4-14(10-20)9-16(17)19/h4-5,9,13,15,24H,2-3,6-8,11-12H2,1H3,(H2,21,22,25)/t13-,15-/m1/s1. The van der Waals surface area contributed by atoms with Crippen LogP contribution in [-0.2, 0) is 0 Å². The molecular weight excluding hydrogens is 323 g/mol. The summed E-state index contributed by atoms with van der Waals surface area (Å²) < 4.78 is 14.2. The molecule has 0 spiro atoms. The van der Waals surface area contributed by atoms with Crippen LogP contribution in [0.5, 0.6) is 0 Å². The Bertz CT molecular complexity index is 632. The number of urea groups is 1.